The number of aromatic nitrogens is 1. The first-order chi connectivity index (χ1) is 9.92. The fraction of sp³-hybridized carbons (Fsp3) is 0.375. The van der Waals surface area contributed by atoms with Gasteiger partial charge in [0.05, 0.1) is 30.3 Å². The lowest BCUT2D eigenvalue weighted by molar-refractivity contribution is 0.389. The summed E-state index contributed by atoms with van der Waals surface area (Å²) < 4.78 is 5.29. The molecule has 4 heteroatoms. The number of nitrogens with zero attached hydrogens (tertiary/aromatic N) is 2. The molecule has 0 amide bonds. The Morgan fingerprint density at radius 1 is 1.05 bits per heavy atom. The number of H-pyrrole nitrogens is 1. The Morgan fingerprint density at radius 3 is 2.50 bits per heavy atom. The average molecular weight is 269 g/mol. The van der Waals surface area contributed by atoms with Crippen LogP contribution in [0.1, 0.15) is 37.1 Å². The number of hydrogen-bond acceptors (Lipinski definition) is 3. The zero-order valence-electron chi connectivity index (χ0n) is 11.4. The standard InChI is InChI=1S/C16H19N3O/c1-2-8-16(19-12-14-6-4-10-20-14)15(7-1)18-11-13-5-3-9-17-13/h3-6,9-12,15-17H,1-2,7-8H2. The highest BCUT2D eigenvalue weighted by molar-refractivity contribution is 5.77. The van der Waals surface area contributed by atoms with Crippen molar-refractivity contribution in [1.82, 2.24) is 4.98 Å². The Hall–Kier alpha value is -2.10. The Morgan fingerprint density at radius 2 is 1.85 bits per heavy atom. The summed E-state index contributed by atoms with van der Waals surface area (Å²) in [6.07, 6.45) is 12.0. The van der Waals surface area contributed by atoms with Gasteiger partial charge >= 0.3 is 0 Å². The fourth-order valence-corrected chi connectivity index (χ4v) is 2.57. The molecule has 0 radical (unpaired) electrons. The quantitative estimate of drug-likeness (QED) is 0.849. The predicted octanol–water partition coefficient (Wildman–Crippen LogP) is 3.46. The number of aliphatic imine (C=N–C) groups is 2. The first-order valence-corrected chi connectivity index (χ1v) is 7.15. The molecule has 0 bridgehead atoms. The first kappa shape index (κ1) is 12.9. The molecule has 2 aromatic rings. The second kappa shape index (κ2) is 6.37. The number of rotatable bonds is 4. The van der Waals surface area contributed by atoms with Gasteiger partial charge in [-0.1, -0.05) is 12.8 Å². The molecule has 1 aliphatic rings. The summed E-state index contributed by atoms with van der Waals surface area (Å²) >= 11 is 0. The van der Waals surface area contributed by atoms with Crippen LogP contribution in [0.15, 0.2) is 51.1 Å². The number of nitrogens with one attached hydrogen (secondary N) is 1. The van der Waals surface area contributed by atoms with Gasteiger partial charge in [-0.05, 0) is 37.1 Å². The van der Waals surface area contributed by atoms with Gasteiger partial charge in [-0.15, -0.1) is 0 Å². The maximum atomic E-state index is 5.29. The molecule has 1 N–H and O–H groups in total. The molecule has 2 aromatic heterocycles. The third kappa shape index (κ3) is 3.26. The van der Waals surface area contributed by atoms with E-state index >= 15 is 0 Å². The maximum absolute atomic E-state index is 5.29. The van der Waals surface area contributed by atoms with Crippen molar-refractivity contribution in [3.05, 3.63) is 48.2 Å². The zero-order chi connectivity index (χ0) is 13.6. The van der Waals surface area contributed by atoms with Crippen molar-refractivity contribution in [2.45, 2.75) is 37.8 Å². The minimum Gasteiger partial charge on any atom is -0.463 e. The summed E-state index contributed by atoms with van der Waals surface area (Å²) in [6.45, 7) is 0. The highest BCUT2D eigenvalue weighted by Gasteiger charge is 2.23. The van der Waals surface area contributed by atoms with E-state index in [1.54, 1.807) is 6.26 Å². The molecule has 0 aliphatic heterocycles. The van der Waals surface area contributed by atoms with Gasteiger partial charge in [0.25, 0.3) is 0 Å². The zero-order valence-corrected chi connectivity index (χ0v) is 11.4. The molecule has 0 saturated heterocycles. The van der Waals surface area contributed by atoms with Gasteiger partial charge < -0.3 is 9.40 Å². The highest BCUT2D eigenvalue weighted by atomic mass is 16.3. The molecule has 1 saturated carbocycles. The molecule has 3 rings (SSSR count). The van der Waals surface area contributed by atoms with Crippen LogP contribution in [0, 0.1) is 0 Å². The second-order valence-electron chi connectivity index (χ2n) is 5.12. The predicted molar refractivity (Wildman–Crippen MR) is 80.7 cm³/mol. The van der Waals surface area contributed by atoms with Crippen molar-refractivity contribution in [3.63, 3.8) is 0 Å². The fourth-order valence-electron chi connectivity index (χ4n) is 2.57. The van der Waals surface area contributed by atoms with Crippen molar-refractivity contribution in [2.24, 2.45) is 9.98 Å². The monoisotopic (exact) mass is 269 g/mol. The molecule has 1 aliphatic carbocycles. The van der Waals surface area contributed by atoms with Crippen LogP contribution < -0.4 is 0 Å². The summed E-state index contributed by atoms with van der Waals surface area (Å²) in [5.74, 6) is 0.808. The molecular weight excluding hydrogens is 250 g/mol. The van der Waals surface area contributed by atoms with Gasteiger partial charge in [-0.25, -0.2) is 0 Å². The number of furan rings is 1. The molecule has 1 fully saturated rings. The minimum absolute atomic E-state index is 0.264. The highest BCUT2D eigenvalue weighted by Crippen LogP contribution is 2.24. The van der Waals surface area contributed by atoms with Gasteiger partial charge in [0, 0.05) is 12.4 Å². The van der Waals surface area contributed by atoms with E-state index < -0.39 is 0 Å². The van der Waals surface area contributed by atoms with E-state index in [1.165, 1.54) is 12.8 Å². The van der Waals surface area contributed by atoms with Crippen molar-refractivity contribution in [2.75, 3.05) is 0 Å². The molecule has 20 heavy (non-hydrogen) atoms. The van der Waals surface area contributed by atoms with E-state index in [2.05, 4.69) is 9.98 Å². The van der Waals surface area contributed by atoms with Gasteiger partial charge in [-0.3, -0.25) is 9.98 Å². The Bertz CT molecular complexity index is 502. The van der Waals surface area contributed by atoms with Crippen molar-refractivity contribution >= 4 is 12.4 Å². The van der Waals surface area contributed by atoms with E-state index in [0.717, 1.165) is 24.3 Å². The van der Waals surface area contributed by atoms with Crippen LogP contribution in [0.25, 0.3) is 0 Å². The number of aromatic amines is 1. The molecule has 2 heterocycles. The summed E-state index contributed by atoms with van der Waals surface area (Å²) in [5.41, 5.74) is 1.05. The molecular formula is C16H19N3O. The third-order valence-electron chi connectivity index (χ3n) is 3.66. The minimum atomic E-state index is 0.264. The lowest BCUT2D eigenvalue weighted by Crippen LogP contribution is -2.27. The summed E-state index contributed by atoms with van der Waals surface area (Å²) in [6, 6.07) is 8.34. The van der Waals surface area contributed by atoms with Crippen LogP contribution in [0.2, 0.25) is 0 Å². The van der Waals surface area contributed by atoms with Crippen molar-refractivity contribution in [1.29, 1.82) is 0 Å². The first-order valence-electron chi connectivity index (χ1n) is 7.15. The lowest BCUT2D eigenvalue weighted by Gasteiger charge is -2.25. The second-order valence-corrected chi connectivity index (χ2v) is 5.12. The van der Waals surface area contributed by atoms with Gasteiger partial charge in [0.15, 0.2) is 0 Å². The normalized spacial score (nSPS) is 23.8. The van der Waals surface area contributed by atoms with E-state index in [-0.39, 0.29) is 12.1 Å². The van der Waals surface area contributed by atoms with Crippen LogP contribution in [0.4, 0.5) is 0 Å². The molecule has 104 valence electrons. The van der Waals surface area contributed by atoms with Crippen LogP contribution in [0.5, 0.6) is 0 Å². The Kier molecular flexibility index (Phi) is 4.11. The van der Waals surface area contributed by atoms with E-state index in [0.29, 0.717) is 0 Å². The van der Waals surface area contributed by atoms with Gasteiger partial charge in [-0.2, -0.15) is 0 Å². The average Bonchev–Trinajstić information content (AvgIpc) is 3.17. The molecule has 0 aromatic carbocycles. The Labute approximate surface area is 118 Å². The van der Waals surface area contributed by atoms with E-state index in [4.69, 9.17) is 9.41 Å². The SMILES string of the molecule is C(=NC1CCCCC1N=Cc1ccco1)c1ccc[nH]1. The largest absolute Gasteiger partial charge is 0.463 e. The van der Waals surface area contributed by atoms with Gasteiger partial charge in [0.2, 0.25) is 0 Å². The third-order valence-corrected chi connectivity index (χ3v) is 3.66. The molecule has 4 nitrogen and oxygen atoms in total. The van der Waals surface area contributed by atoms with Crippen LogP contribution >= 0.6 is 0 Å². The summed E-state index contributed by atoms with van der Waals surface area (Å²) in [7, 11) is 0. The summed E-state index contributed by atoms with van der Waals surface area (Å²) in [5, 5.41) is 0. The molecule has 2 unspecified atom stereocenters. The maximum Gasteiger partial charge on any atom is 0.144 e. The Balaban J connectivity index is 1.67. The van der Waals surface area contributed by atoms with Crippen molar-refractivity contribution < 1.29 is 4.42 Å². The van der Waals surface area contributed by atoms with Gasteiger partial charge in [0.1, 0.15) is 5.76 Å². The lowest BCUT2D eigenvalue weighted by atomic mass is 9.91. The van der Waals surface area contributed by atoms with Crippen LogP contribution in [-0.4, -0.2) is 29.5 Å². The number of hydrogen-bond donors (Lipinski definition) is 1. The smallest absolute Gasteiger partial charge is 0.144 e. The van der Waals surface area contributed by atoms with E-state index in [1.807, 2.05) is 42.9 Å². The van der Waals surface area contributed by atoms with Crippen LogP contribution in [-0.2, 0) is 0 Å². The molecule has 0 spiro atoms. The van der Waals surface area contributed by atoms with Crippen LogP contribution in [0.3, 0.4) is 0 Å². The summed E-state index contributed by atoms with van der Waals surface area (Å²) in [4.78, 5) is 12.5. The van der Waals surface area contributed by atoms with E-state index in [9.17, 15) is 0 Å². The topological polar surface area (TPSA) is 53.6 Å². The molecule has 2 atom stereocenters. The van der Waals surface area contributed by atoms with Crippen molar-refractivity contribution in [3.8, 4) is 0 Å².